The van der Waals surface area contributed by atoms with Gasteiger partial charge in [0.25, 0.3) is 0 Å². The topological polar surface area (TPSA) is 37.6 Å². The molecule has 134 valence electrons. The lowest BCUT2D eigenvalue weighted by Gasteiger charge is -2.39. The van der Waals surface area contributed by atoms with Crippen LogP contribution < -0.4 is 10.1 Å². The first-order valence-corrected chi connectivity index (χ1v) is 9.36. The van der Waals surface area contributed by atoms with E-state index in [1.54, 1.807) is 13.4 Å². The molecule has 1 heterocycles. The van der Waals surface area contributed by atoms with Gasteiger partial charge in [0.2, 0.25) is 0 Å². The molecule has 5 heteroatoms. The second kappa shape index (κ2) is 8.39. The van der Waals surface area contributed by atoms with E-state index < -0.39 is 0 Å². The van der Waals surface area contributed by atoms with Gasteiger partial charge in [-0.1, -0.05) is 25.3 Å². The van der Waals surface area contributed by atoms with Crippen molar-refractivity contribution in [2.45, 2.75) is 51.1 Å². The average molecular weight is 359 g/mol. The lowest BCUT2D eigenvalue weighted by atomic mass is 9.93. The fourth-order valence-corrected chi connectivity index (χ4v) is 4.00. The Morgan fingerprint density at radius 2 is 2.04 bits per heavy atom. The molecule has 0 aliphatic heterocycles. The molecular weight excluding hydrogens is 332 g/mol. The van der Waals surface area contributed by atoms with Crippen LogP contribution in [-0.4, -0.2) is 23.2 Å². The molecule has 0 bridgehead atoms. The molecular formula is C20H26N2O2S. The number of rotatable bonds is 5. The van der Waals surface area contributed by atoms with Crippen LogP contribution >= 0.6 is 12.2 Å². The van der Waals surface area contributed by atoms with Crippen molar-refractivity contribution in [2.24, 2.45) is 0 Å². The zero-order chi connectivity index (χ0) is 17.6. The first-order valence-electron chi connectivity index (χ1n) is 8.96. The van der Waals surface area contributed by atoms with Gasteiger partial charge in [-0.3, -0.25) is 0 Å². The smallest absolute Gasteiger partial charge is 0.174 e. The maximum absolute atomic E-state index is 5.80. The Hall–Kier alpha value is -2.01. The Morgan fingerprint density at radius 1 is 1.24 bits per heavy atom. The van der Waals surface area contributed by atoms with E-state index in [4.69, 9.17) is 21.4 Å². The zero-order valence-corrected chi connectivity index (χ0v) is 15.7. The number of methoxy groups -OCH3 is 1. The number of nitrogens with zero attached hydrogens (tertiary/aromatic N) is 1. The second-order valence-electron chi connectivity index (χ2n) is 6.55. The third-order valence-corrected chi connectivity index (χ3v) is 5.21. The molecule has 25 heavy (non-hydrogen) atoms. The highest BCUT2D eigenvalue weighted by atomic mass is 32.1. The first kappa shape index (κ1) is 17.8. The maximum Gasteiger partial charge on any atom is 0.174 e. The predicted octanol–water partition coefficient (Wildman–Crippen LogP) is 5.38. The Labute approximate surface area is 155 Å². The van der Waals surface area contributed by atoms with Crippen LogP contribution in [0.3, 0.4) is 0 Å². The molecule has 0 spiro atoms. The summed E-state index contributed by atoms with van der Waals surface area (Å²) in [6.07, 6.45) is 7.90. The summed E-state index contributed by atoms with van der Waals surface area (Å²) in [6.45, 7) is 2.16. The van der Waals surface area contributed by atoms with Gasteiger partial charge in [0.05, 0.1) is 19.4 Å². The minimum Gasteiger partial charge on any atom is -0.497 e. The molecule has 1 aromatic carbocycles. The molecule has 0 radical (unpaired) electrons. The number of thiocarbonyl (C=S) groups is 1. The molecule has 0 unspecified atom stereocenters. The van der Waals surface area contributed by atoms with Crippen LogP contribution in [0, 0.1) is 0 Å². The number of hydrogen-bond acceptors (Lipinski definition) is 3. The van der Waals surface area contributed by atoms with E-state index in [1.165, 1.54) is 32.1 Å². The van der Waals surface area contributed by atoms with E-state index in [0.717, 1.165) is 22.3 Å². The Morgan fingerprint density at radius 3 is 2.72 bits per heavy atom. The molecule has 0 saturated heterocycles. The number of hydrogen-bond donors (Lipinski definition) is 1. The van der Waals surface area contributed by atoms with Crippen LogP contribution in [0.1, 0.15) is 50.8 Å². The number of nitrogens with one attached hydrogen (secondary N) is 1. The largest absolute Gasteiger partial charge is 0.497 e. The molecule has 4 nitrogen and oxygen atoms in total. The molecule has 1 aromatic heterocycles. The van der Waals surface area contributed by atoms with Gasteiger partial charge < -0.3 is 19.4 Å². The van der Waals surface area contributed by atoms with E-state index >= 15 is 0 Å². The molecule has 3 rings (SSSR count). The lowest BCUT2D eigenvalue weighted by molar-refractivity contribution is 0.186. The van der Waals surface area contributed by atoms with Crippen LogP contribution in [0.15, 0.2) is 47.1 Å². The maximum atomic E-state index is 5.80. The van der Waals surface area contributed by atoms with Gasteiger partial charge in [-0.15, -0.1) is 0 Å². The van der Waals surface area contributed by atoms with Crippen LogP contribution in [0.25, 0.3) is 0 Å². The molecule has 1 aliphatic rings. The summed E-state index contributed by atoms with van der Waals surface area (Å²) in [7, 11) is 1.67. The third-order valence-electron chi connectivity index (χ3n) is 4.90. The SMILES string of the molecule is COc1cccc(NC(=S)N(C2CCCCC2)[C@H](C)c2ccco2)c1. The molecule has 1 N–H and O–H groups in total. The van der Waals surface area contributed by atoms with Crippen molar-refractivity contribution in [1.29, 1.82) is 0 Å². The summed E-state index contributed by atoms with van der Waals surface area (Å²) < 4.78 is 11.0. The van der Waals surface area contributed by atoms with Crippen molar-refractivity contribution < 1.29 is 9.15 Å². The van der Waals surface area contributed by atoms with Crippen molar-refractivity contribution in [3.05, 3.63) is 48.4 Å². The highest BCUT2D eigenvalue weighted by Gasteiger charge is 2.29. The number of ether oxygens (including phenoxy) is 1. The van der Waals surface area contributed by atoms with Gasteiger partial charge in [0, 0.05) is 17.8 Å². The van der Waals surface area contributed by atoms with E-state index in [9.17, 15) is 0 Å². The Balaban J connectivity index is 1.80. The molecule has 1 atom stereocenters. The minimum atomic E-state index is 0.101. The highest BCUT2D eigenvalue weighted by molar-refractivity contribution is 7.80. The molecule has 0 amide bonds. The summed E-state index contributed by atoms with van der Waals surface area (Å²) in [6, 6.07) is 12.4. The van der Waals surface area contributed by atoms with Crippen molar-refractivity contribution >= 4 is 23.0 Å². The standard InChI is InChI=1S/C20H26N2O2S/c1-15(19-12-7-13-24-19)22(17-9-4-3-5-10-17)20(25)21-16-8-6-11-18(14-16)23-2/h6-8,11-15,17H,3-5,9-10H2,1-2H3,(H,21,25)/t15-/m1/s1. The molecule has 1 fully saturated rings. The van der Waals surface area contributed by atoms with E-state index in [2.05, 4.69) is 17.1 Å². The van der Waals surface area contributed by atoms with Crippen LogP contribution in [0.4, 0.5) is 5.69 Å². The summed E-state index contributed by atoms with van der Waals surface area (Å²) in [5.74, 6) is 1.76. The van der Waals surface area contributed by atoms with Crippen molar-refractivity contribution in [3.8, 4) is 5.75 Å². The summed E-state index contributed by atoms with van der Waals surface area (Å²) in [4.78, 5) is 2.31. The fraction of sp³-hybridized carbons (Fsp3) is 0.450. The van der Waals surface area contributed by atoms with Crippen molar-refractivity contribution in [1.82, 2.24) is 4.90 Å². The summed E-state index contributed by atoms with van der Waals surface area (Å²) in [5.41, 5.74) is 0.941. The zero-order valence-electron chi connectivity index (χ0n) is 14.9. The monoisotopic (exact) mass is 358 g/mol. The minimum absolute atomic E-state index is 0.101. The van der Waals surface area contributed by atoms with Gasteiger partial charge in [-0.2, -0.15) is 0 Å². The van der Waals surface area contributed by atoms with E-state index in [0.29, 0.717) is 6.04 Å². The second-order valence-corrected chi connectivity index (χ2v) is 6.94. The molecule has 2 aromatic rings. The Bertz CT molecular complexity index is 681. The Kier molecular flexibility index (Phi) is 5.97. The molecule has 1 aliphatic carbocycles. The highest BCUT2D eigenvalue weighted by Crippen LogP contribution is 2.31. The van der Waals surface area contributed by atoms with Crippen molar-refractivity contribution in [2.75, 3.05) is 12.4 Å². The number of furan rings is 1. The molecule has 1 saturated carbocycles. The lowest BCUT2D eigenvalue weighted by Crippen LogP contribution is -2.45. The normalized spacial score (nSPS) is 16.2. The van der Waals surface area contributed by atoms with Gasteiger partial charge in [-0.05, 0) is 56.2 Å². The van der Waals surface area contributed by atoms with Crippen LogP contribution in [-0.2, 0) is 0 Å². The van der Waals surface area contributed by atoms with Gasteiger partial charge in [0.1, 0.15) is 11.5 Å². The summed E-state index contributed by atoms with van der Waals surface area (Å²) in [5, 5.41) is 4.13. The number of benzene rings is 1. The third kappa shape index (κ3) is 4.34. The van der Waals surface area contributed by atoms with Gasteiger partial charge in [-0.25, -0.2) is 0 Å². The quantitative estimate of drug-likeness (QED) is 0.726. The van der Waals surface area contributed by atoms with Crippen LogP contribution in [0.2, 0.25) is 0 Å². The van der Waals surface area contributed by atoms with Crippen molar-refractivity contribution in [3.63, 3.8) is 0 Å². The predicted molar refractivity (Wildman–Crippen MR) is 105 cm³/mol. The summed E-state index contributed by atoms with van der Waals surface area (Å²) >= 11 is 5.80. The van der Waals surface area contributed by atoms with Crippen LogP contribution in [0.5, 0.6) is 5.75 Å². The fourth-order valence-electron chi connectivity index (χ4n) is 3.57. The van der Waals surface area contributed by atoms with Gasteiger partial charge in [0.15, 0.2) is 5.11 Å². The number of anilines is 1. The van der Waals surface area contributed by atoms with E-state index in [1.807, 2.05) is 36.4 Å². The average Bonchev–Trinajstić information content (AvgIpc) is 3.17. The van der Waals surface area contributed by atoms with Gasteiger partial charge >= 0.3 is 0 Å². The van der Waals surface area contributed by atoms with E-state index in [-0.39, 0.29) is 6.04 Å². The first-order chi connectivity index (χ1) is 12.2.